The first-order valence-electron chi connectivity index (χ1n) is 7.34. The summed E-state index contributed by atoms with van der Waals surface area (Å²) in [5, 5.41) is 5.36. The maximum absolute atomic E-state index is 11.9. The second-order valence-electron chi connectivity index (χ2n) is 5.20. The summed E-state index contributed by atoms with van der Waals surface area (Å²) in [7, 11) is 3.49. The molecule has 0 saturated carbocycles. The van der Waals surface area contributed by atoms with E-state index in [1.807, 2.05) is 43.1 Å². The molecule has 6 nitrogen and oxygen atoms in total. The first-order chi connectivity index (χ1) is 10.5. The maximum Gasteiger partial charge on any atom is 0.242 e. The second-order valence-corrected chi connectivity index (χ2v) is 5.20. The maximum atomic E-state index is 11.9. The zero-order valence-corrected chi connectivity index (χ0v) is 13.7. The van der Waals surface area contributed by atoms with E-state index in [9.17, 15) is 9.59 Å². The Balaban J connectivity index is 2.41. The third-order valence-electron chi connectivity index (χ3n) is 3.15. The van der Waals surface area contributed by atoms with Crippen molar-refractivity contribution in [2.45, 2.75) is 26.4 Å². The fourth-order valence-electron chi connectivity index (χ4n) is 2.02. The molecule has 0 aliphatic rings. The number of ether oxygens (including phenoxy) is 1. The Kier molecular flexibility index (Phi) is 7.39. The van der Waals surface area contributed by atoms with Gasteiger partial charge in [-0.1, -0.05) is 12.1 Å². The summed E-state index contributed by atoms with van der Waals surface area (Å²) in [6.45, 7) is 4.95. The predicted octanol–water partition coefficient (Wildman–Crippen LogP) is 0.768. The van der Waals surface area contributed by atoms with Gasteiger partial charge in [-0.05, 0) is 38.6 Å². The average molecular weight is 307 g/mol. The van der Waals surface area contributed by atoms with E-state index in [0.717, 1.165) is 11.3 Å². The van der Waals surface area contributed by atoms with Gasteiger partial charge < -0.3 is 15.4 Å². The number of carbonyl (C=O) groups excluding carboxylic acids is 2. The number of likely N-dealkylation sites (N-methyl/N-ethyl adjacent to an activating group) is 2. The van der Waals surface area contributed by atoms with Crippen LogP contribution in [0, 0.1) is 0 Å². The molecule has 0 saturated heterocycles. The summed E-state index contributed by atoms with van der Waals surface area (Å²) < 4.78 is 5.11. The lowest BCUT2D eigenvalue weighted by Gasteiger charge is -2.18. The van der Waals surface area contributed by atoms with Crippen molar-refractivity contribution >= 4 is 11.8 Å². The largest absolute Gasteiger partial charge is 0.497 e. The molecule has 0 radical (unpaired) electrons. The molecule has 0 aliphatic carbocycles. The van der Waals surface area contributed by atoms with Crippen molar-refractivity contribution in [3.8, 4) is 5.75 Å². The quantitative estimate of drug-likeness (QED) is 0.744. The summed E-state index contributed by atoms with van der Waals surface area (Å²) in [6, 6.07) is 7.18. The van der Waals surface area contributed by atoms with E-state index in [-0.39, 0.29) is 18.4 Å². The van der Waals surface area contributed by atoms with Crippen LogP contribution >= 0.6 is 0 Å². The zero-order chi connectivity index (χ0) is 16.5. The molecule has 1 atom stereocenters. The number of nitrogens with zero attached hydrogens (tertiary/aromatic N) is 1. The number of nitrogens with one attached hydrogen (secondary N) is 2. The van der Waals surface area contributed by atoms with Crippen LogP contribution in [0.1, 0.15) is 19.4 Å². The third kappa shape index (κ3) is 6.13. The van der Waals surface area contributed by atoms with Gasteiger partial charge in [0.05, 0.1) is 13.7 Å². The molecule has 0 fully saturated rings. The summed E-state index contributed by atoms with van der Waals surface area (Å²) in [5.41, 5.74) is 1.09. The van der Waals surface area contributed by atoms with Crippen LogP contribution < -0.4 is 15.4 Å². The van der Waals surface area contributed by atoms with Crippen molar-refractivity contribution in [1.82, 2.24) is 15.5 Å². The highest BCUT2D eigenvalue weighted by atomic mass is 16.5. The van der Waals surface area contributed by atoms with Crippen molar-refractivity contribution in [3.05, 3.63) is 29.8 Å². The molecule has 22 heavy (non-hydrogen) atoms. The molecule has 0 aliphatic heterocycles. The lowest BCUT2D eigenvalue weighted by molar-refractivity contribution is -0.129. The molecule has 0 spiro atoms. The Morgan fingerprint density at radius 2 is 1.91 bits per heavy atom. The SMILES string of the molecule is CCNC(=O)[C@H](C)NC(=O)CN(C)Cc1ccc(OC)cc1. The van der Waals surface area contributed by atoms with Crippen LogP contribution in [0.25, 0.3) is 0 Å². The standard InChI is InChI=1S/C16H25N3O3/c1-5-17-16(21)12(2)18-15(20)11-19(3)10-13-6-8-14(22-4)9-7-13/h6-9,12H,5,10-11H2,1-4H3,(H,17,21)(H,18,20)/t12-/m0/s1. The van der Waals surface area contributed by atoms with Gasteiger partial charge in [0.25, 0.3) is 0 Å². The van der Waals surface area contributed by atoms with E-state index in [1.54, 1.807) is 14.0 Å². The molecule has 0 unspecified atom stereocenters. The minimum Gasteiger partial charge on any atom is -0.497 e. The van der Waals surface area contributed by atoms with Gasteiger partial charge in [0.1, 0.15) is 11.8 Å². The molecule has 122 valence electrons. The van der Waals surface area contributed by atoms with Crippen LogP contribution in [-0.2, 0) is 16.1 Å². The van der Waals surface area contributed by atoms with Gasteiger partial charge >= 0.3 is 0 Å². The van der Waals surface area contributed by atoms with Gasteiger partial charge in [-0.25, -0.2) is 0 Å². The first-order valence-corrected chi connectivity index (χ1v) is 7.34. The van der Waals surface area contributed by atoms with Crippen LogP contribution in [0.4, 0.5) is 0 Å². The summed E-state index contributed by atoms with van der Waals surface area (Å²) >= 11 is 0. The summed E-state index contributed by atoms with van der Waals surface area (Å²) in [6.07, 6.45) is 0. The molecule has 1 aromatic rings. The van der Waals surface area contributed by atoms with Crippen LogP contribution in [-0.4, -0.2) is 50.0 Å². The lowest BCUT2D eigenvalue weighted by Crippen LogP contribution is -2.47. The van der Waals surface area contributed by atoms with E-state index >= 15 is 0 Å². The predicted molar refractivity (Wildman–Crippen MR) is 85.6 cm³/mol. The molecule has 0 heterocycles. The molecule has 1 rings (SSSR count). The number of methoxy groups -OCH3 is 1. The monoisotopic (exact) mass is 307 g/mol. The van der Waals surface area contributed by atoms with E-state index in [1.165, 1.54) is 0 Å². The van der Waals surface area contributed by atoms with Gasteiger partial charge in [0.2, 0.25) is 11.8 Å². The van der Waals surface area contributed by atoms with Crippen LogP contribution in [0.15, 0.2) is 24.3 Å². The Bertz CT molecular complexity index is 488. The van der Waals surface area contributed by atoms with Crippen LogP contribution in [0.3, 0.4) is 0 Å². The van der Waals surface area contributed by atoms with Crippen LogP contribution in [0.2, 0.25) is 0 Å². The number of amides is 2. The molecule has 0 bridgehead atoms. The molecule has 2 N–H and O–H groups in total. The highest BCUT2D eigenvalue weighted by Gasteiger charge is 2.15. The van der Waals surface area contributed by atoms with Crippen molar-refractivity contribution in [1.29, 1.82) is 0 Å². The van der Waals surface area contributed by atoms with Gasteiger partial charge in [-0.3, -0.25) is 14.5 Å². The minimum atomic E-state index is -0.526. The first kappa shape index (κ1) is 18.0. The highest BCUT2D eigenvalue weighted by molar-refractivity contribution is 5.87. The van der Waals surface area contributed by atoms with Crippen molar-refractivity contribution in [3.63, 3.8) is 0 Å². The molecular weight excluding hydrogens is 282 g/mol. The van der Waals surface area contributed by atoms with Crippen molar-refractivity contribution in [2.24, 2.45) is 0 Å². The Labute approximate surface area is 131 Å². The van der Waals surface area contributed by atoms with Gasteiger partial charge in [-0.15, -0.1) is 0 Å². The number of rotatable bonds is 8. The number of carbonyl (C=O) groups is 2. The smallest absolute Gasteiger partial charge is 0.242 e. The van der Waals surface area contributed by atoms with Gasteiger partial charge in [-0.2, -0.15) is 0 Å². The Hall–Kier alpha value is -2.08. The summed E-state index contributed by atoms with van der Waals surface area (Å²) in [5.74, 6) is 0.461. The summed E-state index contributed by atoms with van der Waals surface area (Å²) in [4.78, 5) is 25.4. The normalized spacial score (nSPS) is 11.9. The lowest BCUT2D eigenvalue weighted by atomic mass is 10.2. The number of hydrogen-bond donors (Lipinski definition) is 2. The molecule has 2 amide bonds. The Morgan fingerprint density at radius 3 is 2.45 bits per heavy atom. The topological polar surface area (TPSA) is 70.7 Å². The highest BCUT2D eigenvalue weighted by Crippen LogP contribution is 2.12. The average Bonchev–Trinajstić information content (AvgIpc) is 2.47. The minimum absolute atomic E-state index is 0.172. The molecule has 1 aromatic carbocycles. The fourth-order valence-corrected chi connectivity index (χ4v) is 2.02. The van der Waals surface area contributed by atoms with E-state index < -0.39 is 6.04 Å². The van der Waals surface area contributed by atoms with E-state index in [0.29, 0.717) is 13.1 Å². The second kappa shape index (κ2) is 9.04. The van der Waals surface area contributed by atoms with E-state index in [4.69, 9.17) is 4.74 Å². The third-order valence-corrected chi connectivity index (χ3v) is 3.15. The van der Waals surface area contributed by atoms with Crippen molar-refractivity contribution in [2.75, 3.05) is 27.2 Å². The van der Waals surface area contributed by atoms with Gasteiger partial charge in [0.15, 0.2) is 0 Å². The van der Waals surface area contributed by atoms with Gasteiger partial charge in [0, 0.05) is 13.1 Å². The zero-order valence-electron chi connectivity index (χ0n) is 13.7. The van der Waals surface area contributed by atoms with Crippen LogP contribution in [0.5, 0.6) is 5.75 Å². The fraction of sp³-hybridized carbons (Fsp3) is 0.500. The van der Waals surface area contributed by atoms with Crippen molar-refractivity contribution < 1.29 is 14.3 Å². The molecule has 0 aromatic heterocycles. The number of benzene rings is 1. The Morgan fingerprint density at radius 1 is 1.27 bits per heavy atom. The van der Waals surface area contributed by atoms with E-state index in [2.05, 4.69) is 10.6 Å². The number of hydrogen-bond acceptors (Lipinski definition) is 4. The molecular formula is C16H25N3O3. The molecule has 6 heteroatoms.